The second-order valence-electron chi connectivity index (χ2n) is 3.46. The van der Waals surface area contributed by atoms with Crippen LogP contribution in [0.15, 0.2) is 16.3 Å². The van der Waals surface area contributed by atoms with Crippen LogP contribution in [-0.2, 0) is 14.6 Å². The van der Waals surface area contributed by atoms with Gasteiger partial charge in [-0.1, -0.05) is 0 Å². The summed E-state index contributed by atoms with van der Waals surface area (Å²) < 4.78 is 28.7. The van der Waals surface area contributed by atoms with E-state index >= 15 is 0 Å². The van der Waals surface area contributed by atoms with Crippen molar-refractivity contribution in [2.24, 2.45) is 0 Å². The molecule has 0 radical (unpaired) electrons. The zero-order chi connectivity index (χ0) is 10.6. The highest BCUT2D eigenvalue weighted by molar-refractivity contribution is 7.93. The van der Waals surface area contributed by atoms with Crippen molar-refractivity contribution in [2.75, 3.05) is 12.5 Å². The van der Waals surface area contributed by atoms with Crippen LogP contribution in [0.2, 0.25) is 0 Å². The second-order valence-corrected chi connectivity index (χ2v) is 6.76. The van der Waals surface area contributed by atoms with Crippen LogP contribution in [-0.4, -0.2) is 31.9 Å². The van der Waals surface area contributed by atoms with E-state index in [1.165, 1.54) is 16.2 Å². The molecule has 80 valence electrons. The average Bonchev–Trinajstić information content (AvgIpc) is 2.71. The number of hydrogen-bond acceptors (Lipinski definition) is 5. The van der Waals surface area contributed by atoms with Gasteiger partial charge in [0.15, 0.2) is 0 Å². The number of nitrogens with zero attached hydrogens (tertiary/aromatic N) is 1. The lowest BCUT2D eigenvalue weighted by Gasteiger charge is -2.17. The van der Waals surface area contributed by atoms with Crippen molar-refractivity contribution in [1.29, 1.82) is 0 Å². The fourth-order valence-electron chi connectivity index (χ4n) is 1.76. The molecule has 3 heterocycles. The van der Waals surface area contributed by atoms with Crippen molar-refractivity contribution in [1.82, 2.24) is 4.90 Å². The number of hydrogen-bond donors (Lipinski definition) is 0. The van der Waals surface area contributed by atoms with Gasteiger partial charge in [-0.25, -0.2) is 13.2 Å². The molecular weight excluding hydrogens is 238 g/mol. The maximum absolute atomic E-state index is 11.8. The van der Waals surface area contributed by atoms with Crippen LogP contribution in [0.5, 0.6) is 0 Å². The van der Waals surface area contributed by atoms with Crippen molar-refractivity contribution in [2.45, 2.75) is 10.3 Å². The van der Waals surface area contributed by atoms with E-state index in [9.17, 15) is 13.2 Å². The number of cyclic esters (lactones) is 1. The molecule has 1 amide bonds. The number of ether oxygens (including phenoxy) is 1. The van der Waals surface area contributed by atoms with Gasteiger partial charge in [-0.3, -0.25) is 4.90 Å². The van der Waals surface area contributed by atoms with Gasteiger partial charge in [-0.05, 0) is 12.1 Å². The highest BCUT2D eigenvalue weighted by Crippen LogP contribution is 2.38. The van der Waals surface area contributed by atoms with Crippen LogP contribution < -0.4 is 0 Å². The minimum Gasteiger partial charge on any atom is -0.447 e. The molecule has 0 saturated carbocycles. The van der Waals surface area contributed by atoms with Gasteiger partial charge in [-0.2, -0.15) is 0 Å². The fraction of sp³-hybridized carbons (Fsp3) is 0.375. The van der Waals surface area contributed by atoms with E-state index in [1.54, 1.807) is 12.1 Å². The predicted molar refractivity (Wildman–Crippen MR) is 52.3 cm³/mol. The first-order valence-corrected chi connectivity index (χ1v) is 6.81. The molecule has 2 aliphatic heterocycles. The lowest BCUT2D eigenvalue weighted by atomic mass is 10.2. The van der Waals surface area contributed by atoms with E-state index in [0.717, 1.165) is 4.88 Å². The number of carbonyl (C=O) groups is 1. The molecule has 0 N–H and O–H groups in total. The first-order valence-electron chi connectivity index (χ1n) is 4.34. The third kappa shape index (κ3) is 1.19. The van der Waals surface area contributed by atoms with Gasteiger partial charge in [0.05, 0.1) is 0 Å². The topological polar surface area (TPSA) is 63.7 Å². The lowest BCUT2D eigenvalue weighted by Crippen LogP contribution is -2.31. The Morgan fingerprint density at radius 2 is 2.27 bits per heavy atom. The summed E-state index contributed by atoms with van der Waals surface area (Å²) in [5.41, 5.74) is 0. The molecule has 1 atom stereocenters. The molecule has 3 rings (SSSR count). The van der Waals surface area contributed by atoms with Gasteiger partial charge in [0.2, 0.25) is 9.84 Å². The Hall–Kier alpha value is -1.08. The number of sulfone groups is 1. The van der Waals surface area contributed by atoms with Crippen LogP contribution >= 0.6 is 11.3 Å². The SMILES string of the molecule is O=C1OCC2c3ccc(s3)S(=O)(=O)CN12. The van der Waals surface area contributed by atoms with E-state index in [4.69, 9.17) is 4.74 Å². The zero-order valence-electron chi connectivity index (χ0n) is 7.54. The van der Waals surface area contributed by atoms with Gasteiger partial charge >= 0.3 is 6.09 Å². The molecule has 5 nitrogen and oxygen atoms in total. The van der Waals surface area contributed by atoms with E-state index in [0.29, 0.717) is 4.21 Å². The molecule has 1 aromatic heterocycles. The third-order valence-corrected chi connectivity index (χ3v) is 5.88. The normalized spacial score (nSPS) is 27.1. The summed E-state index contributed by atoms with van der Waals surface area (Å²) >= 11 is 1.22. The highest BCUT2D eigenvalue weighted by atomic mass is 32.2. The molecule has 1 fully saturated rings. The summed E-state index contributed by atoms with van der Waals surface area (Å²) in [6.45, 7) is 0.244. The molecule has 0 aromatic carbocycles. The van der Waals surface area contributed by atoms with Crippen LogP contribution in [0.25, 0.3) is 0 Å². The lowest BCUT2D eigenvalue weighted by molar-refractivity contribution is 0.161. The number of rotatable bonds is 0. The van der Waals surface area contributed by atoms with E-state index in [2.05, 4.69) is 0 Å². The number of carbonyl (C=O) groups excluding carboxylic acids is 1. The van der Waals surface area contributed by atoms with Crippen LogP contribution in [0, 0.1) is 0 Å². The van der Waals surface area contributed by atoms with Crippen molar-refractivity contribution in [3.8, 4) is 0 Å². The Kier molecular flexibility index (Phi) is 1.67. The summed E-state index contributed by atoms with van der Waals surface area (Å²) in [5.74, 6) is -0.271. The van der Waals surface area contributed by atoms with Crippen LogP contribution in [0.4, 0.5) is 4.79 Å². The van der Waals surface area contributed by atoms with Crippen molar-refractivity contribution < 1.29 is 17.9 Å². The fourth-order valence-corrected chi connectivity index (χ4v) is 4.60. The van der Waals surface area contributed by atoms with Crippen LogP contribution in [0.3, 0.4) is 0 Å². The Morgan fingerprint density at radius 1 is 1.47 bits per heavy atom. The molecule has 7 heteroatoms. The molecular formula is C8H7NO4S2. The maximum Gasteiger partial charge on any atom is 0.411 e. The van der Waals surface area contributed by atoms with Gasteiger partial charge in [-0.15, -0.1) is 11.3 Å². The van der Waals surface area contributed by atoms with Crippen LogP contribution in [0.1, 0.15) is 10.9 Å². The summed E-state index contributed by atoms with van der Waals surface area (Å²) in [6.07, 6.45) is -0.543. The van der Waals surface area contributed by atoms with Crippen molar-refractivity contribution in [3.05, 3.63) is 17.0 Å². The van der Waals surface area contributed by atoms with Gasteiger partial charge in [0, 0.05) is 4.88 Å². The highest BCUT2D eigenvalue weighted by Gasteiger charge is 2.41. The first-order chi connectivity index (χ1) is 7.08. The van der Waals surface area contributed by atoms with Crippen molar-refractivity contribution in [3.63, 3.8) is 0 Å². The van der Waals surface area contributed by atoms with Gasteiger partial charge in [0.25, 0.3) is 0 Å². The Bertz CT molecular complexity index is 533. The Labute approximate surface area is 90.2 Å². The average molecular weight is 245 g/mol. The largest absolute Gasteiger partial charge is 0.447 e. The van der Waals surface area contributed by atoms with Gasteiger partial charge < -0.3 is 4.74 Å². The first kappa shape index (κ1) is 9.17. The Balaban J connectivity index is 2.19. The summed E-state index contributed by atoms with van der Waals surface area (Å²) in [7, 11) is -3.36. The zero-order valence-corrected chi connectivity index (χ0v) is 9.18. The van der Waals surface area contributed by atoms with Crippen molar-refractivity contribution >= 4 is 27.3 Å². The quantitative estimate of drug-likeness (QED) is 0.683. The molecule has 0 spiro atoms. The number of amides is 1. The maximum atomic E-state index is 11.8. The molecule has 2 bridgehead atoms. The minimum absolute atomic E-state index is 0.228. The number of thiophene rings is 1. The molecule has 1 aromatic rings. The molecule has 1 saturated heterocycles. The standard InChI is InChI=1S/C8H7NO4S2/c10-8-9-4-15(11,12)7-2-1-6(14-7)5(9)3-13-8/h1-2,5H,3-4H2. The smallest absolute Gasteiger partial charge is 0.411 e. The summed E-state index contributed by atoms with van der Waals surface area (Å²) in [4.78, 5) is 13.5. The minimum atomic E-state index is -3.36. The number of fused-ring (bicyclic) bond motifs is 4. The van der Waals surface area contributed by atoms with E-state index < -0.39 is 15.9 Å². The molecule has 15 heavy (non-hydrogen) atoms. The molecule has 0 aliphatic carbocycles. The summed E-state index contributed by atoms with van der Waals surface area (Å²) in [6, 6.07) is 3.11. The van der Waals surface area contributed by atoms with Gasteiger partial charge in [0.1, 0.15) is 22.7 Å². The Morgan fingerprint density at radius 3 is 3.07 bits per heavy atom. The third-order valence-electron chi connectivity index (χ3n) is 2.52. The molecule has 2 aliphatic rings. The van der Waals surface area contributed by atoms with E-state index in [1.807, 2.05) is 0 Å². The predicted octanol–water partition coefficient (Wildman–Crippen LogP) is 0.986. The monoisotopic (exact) mass is 245 g/mol. The summed E-state index contributed by atoms with van der Waals surface area (Å²) in [5, 5.41) is 0. The van der Waals surface area contributed by atoms with E-state index in [-0.39, 0.29) is 18.5 Å². The second kappa shape index (κ2) is 2.73. The molecule has 1 unspecified atom stereocenters.